The Morgan fingerprint density at radius 2 is 1.71 bits per heavy atom. The van der Waals surface area contributed by atoms with Gasteiger partial charge in [-0.25, -0.2) is 4.98 Å². The summed E-state index contributed by atoms with van der Waals surface area (Å²) in [6, 6.07) is 23.7. The molecule has 2 aromatic carbocycles. The molecule has 4 heteroatoms. The molecule has 4 nitrogen and oxygen atoms in total. The summed E-state index contributed by atoms with van der Waals surface area (Å²) < 4.78 is 5.97. The van der Waals surface area contributed by atoms with Crippen molar-refractivity contribution in [2.45, 2.75) is 13.5 Å². The van der Waals surface area contributed by atoms with Crippen LogP contribution in [0.1, 0.15) is 18.1 Å². The van der Waals surface area contributed by atoms with Gasteiger partial charge in [0.2, 0.25) is 0 Å². The monoisotopic (exact) mass is 317 g/mol. The topological polar surface area (TPSA) is 46.5 Å². The van der Waals surface area contributed by atoms with Crippen LogP contribution >= 0.6 is 0 Å². The maximum atomic E-state index is 5.97. The summed E-state index contributed by atoms with van der Waals surface area (Å²) in [6.45, 7) is 2.47. The highest BCUT2D eigenvalue weighted by atomic mass is 16.5. The van der Waals surface area contributed by atoms with Crippen molar-refractivity contribution in [1.29, 1.82) is 0 Å². The molecule has 3 rings (SSSR count). The van der Waals surface area contributed by atoms with Crippen LogP contribution in [0.3, 0.4) is 0 Å². The molecular formula is C20H19N3O. The second-order valence-electron chi connectivity index (χ2n) is 5.29. The Balaban J connectivity index is 1.73. The SMILES string of the molecule is C/C(=N/Nc1ccccn1)c1ccccc1OCc1ccccc1. The molecule has 0 fully saturated rings. The zero-order chi connectivity index (χ0) is 16.6. The van der Waals surface area contributed by atoms with Crippen LogP contribution in [-0.4, -0.2) is 10.7 Å². The van der Waals surface area contributed by atoms with Crippen molar-refractivity contribution < 1.29 is 4.74 Å². The standard InChI is InChI=1S/C20H19N3O/c1-16(22-23-20-13-7-8-14-21-20)18-11-5-6-12-19(18)24-15-17-9-3-2-4-10-17/h2-14H,15H2,1H3,(H,21,23)/b22-16-. The number of pyridine rings is 1. The molecule has 3 aromatic rings. The van der Waals surface area contributed by atoms with Crippen LogP contribution in [0.25, 0.3) is 0 Å². The maximum Gasteiger partial charge on any atom is 0.146 e. The number of benzene rings is 2. The van der Waals surface area contributed by atoms with Crippen molar-refractivity contribution >= 4 is 11.5 Å². The minimum Gasteiger partial charge on any atom is -0.488 e. The first-order chi connectivity index (χ1) is 11.8. The number of hydrogen-bond acceptors (Lipinski definition) is 4. The number of hydrogen-bond donors (Lipinski definition) is 1. The van der Waals surface area contributed by atoms with Crippen LogP contribution in [-0.2, 0) is 6.61 Å². The van der Waals surface area contributed by atoms with Crippen LogP contribution in [0.4, 0.5) is 5.82 Å². The van der Waals surface area contributed by atoms with Crippen LogP contribution in [0, 0.1) is 0 Å². The van der Waals surface area contributed by atoms with Gasteiger partial charge < -0.3 is 4.74 Å². The highest BCUT2D eigenvalue weighted by molar-refractivity contribution is 6.01. The van der Waals surface area contributed by atoms with Crippen molar-refractivity contribution in [3.63, 3.8) is 0 Å². The molecule has 1 N–H and O–H groups in total. The average molecular weight is 317 g/mol. The molecule has 0 bridgehead atoms. The van der Waals surface area contributed by atoms with Crippen molar-refractivity contribution in [1.82, 2.24) is 4.98 Å². The third kappa shape index (κ3) is 4.20. The van der Waals surface area contributed by atoms with Gasteiger partial charge in [0.05, 0.1) is 5.71 Å². The quantitative estimate of drug-likeness (QED) is 0.538. The summed E-state index contributed by atoms with van der Waals surface area (Å²) in [7, 11) is 0. The van der Waals surface area contributed by atoms with Crippen molar-refractivity contribution in [3.05, 3.63) is 90.1 Å². The second-order valence-corrected chi connectivity index (χ2v) is 5.29. The largest absolute Gasteiger partial charge is 0.488 e. The minimum atomic E-state index is 0.527. The summed E-state index contributed by atoms with van der Waals surface area (Å²) in [6.07, 6.45) is 1.73. The Morgan fingerprint density at radius 1 is 0.958 bits per heavy atom. The number of anilines is 1. The van der Waals surface area contributed by atoms with Crippen molar-refractivity contribution in [2.75, 3.05) is 5.43 Å². The molecule has 24 heavy (non-hydrogen) atoms. The van der Waals surface area contributed by atoms with Crippen molar-refractivity contribution in [2.24, 2.45) is 5.10 Å². The highest BCUT2D eigenvalue weighted by Crippen LogP contribution is 2.20. The molecule has 1 aromatic heterocycles. The van der Waals surface area contributed by atoms with E-state index in [0.29, 0.717) is 12.4 Å². The third-order valence-electron chi connectivity index (χ3n) is 3.52. The summed E-state index contributed by atoms with van der Waals surface area (Å²) in [5.41, 5.74) is 5.89. The van der Waals surface area contributed by atoms with E-state index in [2.05, 4.69) is 15.5 Å². The highest BCUT2D eigenvalue weighted by Gasteiger charge is 2.06. The van der Waals surface area contributed by atoms with Crippen LogP contribution in [0.15, 0.2) is 84.1 Å². The molecule has 0 spiro atoms. The van der Waals surface area contributed by atoms with Gasteiger partial charge in [-0.2, -0.15) is 5.10 Å². The van der Waals surface area contributed by atoms with Gasteiger partial charge >= 0.3 is 0 Å². The zero-order valence-corrected chi connectivity index (χ0v) is 13.5. The first kappa shape index (κ1) is 15.7. The first-order valence-electron chi connectivity index (χ1n) is 7.80. The molecule has 0 unspecified atom stereocenters. The van der Waals surface area contributed by atoms with E-state index in [4.69, 9.17) is 4.74 Å². The van der Waals surface area contributed by atoms with Gasteiger partial charge in [-0.3, -0.25) is 5.43 Å². The lowest BCUT2D eigenvalue weighted by Crippen LogP contribution is -2.04. The summed E-state index contributed by atoms with van der Waals surface area (Å²) in [4.78, 5) is 4.19. The fourth-order valence-electron chi connectivity index (χ4n) is 2.26. The fraction of sp³-hybridized carbons (Fsp3) is 0.100. The molecule has 0 amide bonds. The van der Waals surface area contributed by atoms with Gasteiger partial charge in [-0.05, 0) is 36.8 Å². The summed E-state index contributed by atoms with van der Waals surface area (Å²) in [5.74, 6) is 1.52. The Kier molecular flexibility index (Phi) is 5.20. The van der Waals surface area contributed by atoms with E-state index >= 15 is 0 Å². The normalized spacial score (nSPS) is 11.1. The average Bonchev–Trinajstić information content (AvgIpc) is 2.66. The van der Waals surface area contributed by atoms with E-state index < -0.39 is 0 Å². The van der Waals surface area contributed by atoms with Crippen LogP contribution in [0.5, 0.6) is 5.75 Å². The molecule has 0 aliphatic rings. The number of ether oxygens (including phenoxy) is 1. The van der Waals surface area contributed by atoms with Crippen molar-refractivity contribution in [3.8, 4) is 5.75 Å². The Labute approximate surface area is 141 Å². The molecular weight excluding hydrogens is 298 g/mol. The molecule has 120 valence electrons. The van der Waals surface area contributed by atoms with Gasteiger partial charge in [0.25, 0.3) is 0 Å². The zero-order valence-electron chi connectivity index (χ0n) is 13.5. The van der Waals surface area contributed by atoms with Gasteiger partial charge in [0.1, 0.15) is 18.2 Å². The lowest BCUT2D eigenvalue weighted by Gasteiger charge is -2.11. The minimum absolute atomic E-state index is 0.527. The maximum absolute atomic E-state index is 5.97. The third-order valence-corrected chi connectivity index (χ3v) is 3.52. The van der Waals surface area contributed by atoms with E-state index in [1.54, 1.807) is 6.20 Å². The smallest absolute Gasteiger partial charge is 0.146 e. The second kappa shape index (κ2) is 7.92. The first-order valence-corrected chi connectivity index (χ1v) is 7.80. The fourth-order valence-corrected chi connectivity index (χ4v) is 2.26. The van der Waals surface area contributed by atoms with E-state index in [1.165, 1.54) is 0 Å². The molecule has 0 saturated heterocycles. The number of nitrogens with one attached hydrogen (secondary N) is 1. The Morgan fingerprint density at radius 3 is 2.50 bits per heavy atom. The number of aromatic nitrogens is 1. The van der Waals surface area contributed by atoms with Gasteiger partial charge in [0, 0.05) is 11.8 Å². The number of hydrazone groups is 1. The van der Waals surface area contributed by atoms with Gasteiger partial charge in [-0.15, -0.1) is 0 Å². The molecule has 0 saturated carbocycles. The van der Waals surface area contributed by atoms with Gasteiger partial charge in [0.15, 0.2) is 0 Å². The molecule has 0 radical (unpaired) electrons. The number of para-hydroxylation sites is 1. The summed E-state index contributed by atoms with van der Waals surface area (Å²) in [5, 5.41) is 4.40. The van der Waals surface area contributed by atoms with Crippen LogP contribution in [0.2, 0.25) is 0 Å². The van der Waals surface area contributed by atoms with E-state index in [-0.39, 0.29) is 0 Å². The molecule has 0 atom stereocenters. The Bertz CT molecular complexity index is 801. The molecule has 0 aliphatic heterocycles. The Hall–Kier alpha value is -3.14. The predicted octanol–water partition coefficient (Wildman–Crippen LogP) is 4.50. The predicted molar refractivity (Wildman–Crippen MR) is 97.3 cm³/mol. The molecule has 0 aliphatic carbocycles. The lowest BCUT2D eigenvalue weighted by molar-refractivity contribution is 0.305. The molecule has 1 heterocycles. The number of nitrogens with zero attached hydrogens (tertiary/aromatic N) is 2. The van der Waals surface area contributed by atoms with E-state index in [0.717, 1.165) is 22.6 Å². The van der Waals surface area contributed by atoms with Gasteiger partial charge in [-0.1, -0.05) is 48.5 Å². The lowest BCUT2D eigenvalue weighted by atomic mass is 10.1. The van der Waals surface area contributed by atoms with E-state index in [1.807, 2.05) is 79.7 Å². The number of rotatable bonds is 6. The summed E-state index contributed by atoms with van der Waals surface area (Å²) >= 11 is 0. The van der Waals surface area contributed by atoms with Crippen LogP contribution < -0.4 is 10.2 Å². The van der Waals surface area contributed by atoms with E-state index in [9.17, 15) is 0 Å².